The van der Waals surface area contributed by atoms with E-state index in [-0.39, 0.29) is 5.78 Å². The Kier molecular flexibility index (Phi) is 3.45. The molecule has 0 saturated carbocycles. The first-order chi connectivity index (χ1) is 8.66. The van der Waals surface area contributed by atoms with Crippen molar-refractivity contribution in [2.75, 3.05) is 5.73 Å². The molecule has 0 fully saturated rings. The van der Waals surface area contributed by atoms with Crippen LogP contribution in [0, 0.1) is 11.8 Å². The molecule has 0 aliphatic heterocycles. The van der Waals surface area contributed by atoms with Crippen LogP contribution >= 0.6 is 0 Å². The van der Waals surface area contributed by atoms with E-state index in [1.807, 2.05) is 36.4 Å². The minimum atomic E-state index is 0.0397. The summed E-state index contributed by atoms with van der Waals surface area (Å²) in [6.45, 7) is 1.54. The topological polar surface area (TPSA) is 43.1 Å². The van der Waals surface area contributed by atoms with Gasteiger partial charge in [-0.15, -0.1) is 0 Å². The third-order valence-corrected chi connectivity index (χ3v) is 2.57. The van der Waals surface area contributed by atoms with Crippen LogP contribution in [0.25, 0.3) is 0 Å². The highest BCUT2D eigenvalue weighted by Gasteiger charge is 1.98. The Hall–Kier alpha value is -2.53. The van der Waals surface area contributed by atoms with Gasteiger partial charge in [0.1, 0.15) is 0 Å². The van der Waals surface area contributed by atoms with Gasteiger partial charge in [-0.25, -0.2) is 0 Å². The molecular weight excluding hydrogens is 222 g/mol. The number of carbonyl (C=O) groups is 1. The van der Waals surface area contributed by atoms with Gasteiger partial charge in [-0.05, 0) is 31.2 Å². The lowest BCUT2D eigenvalue weighted by Crippen LogP contribution is -1.92. The number of Topliss-reactive ketones (excluding diaryl/α,β-unsaturated/α-hetero) is 1. The van der Waals surface area contributed by atoms with Gasteiger partial charge >= 0.3 is 0 Å². The van der Waals surface area contributed by atoms with Gasteiger partial charge in [0.25, 0.3) is 0 Å². The molecule has 18 heavy (non-hydrogen) atoms. The molecule has 0 saturated heterocycles. The number of carbonyl (C=O) groups excluding carboxylic acids is 1. The molecule has 2 rings (SSSR count). The lowest BCUT2D eigenvalue weighted by atomic mass is 10.1. The molecule has 0 radical (unpaired) electrons. The predicted molar refractivity (Wildman–Crippen MR) is 73.3 cm³/mol. The summed E-state index contributed by atoms with van der Waals surface area (Å²) in [5.74, 6) is 6.06. The average Bonchev–Trinajstić information content (AvgIpc) is 2.38. The molecule has 2 heteroatoms. The van der Waals surface area contributed by atoms with Crippen LogP contribution in [0.4, 0.5) is 5.69 Å². The number of hydrogen-bond acceptors (Lipinski definition) is 2. The van der Waals surface area contributed by atoms with Gasteiger partial charge in [0.15, 0.2) is 5.78 Å². The molecule has 88 valence electrons. The van der Waals surface area contributed by atoms with E-state index in [9.17, 15) is 4.79 Å². The molecular formula is C16H13NO. The monoisotopic (exact) mass is 235 g/mol. The van der Waals surface area contributed by atoms with Crippen LogP contribution < -0.4 is 5.73 Å². The third kappa shape index (κ3) is 2.78. The Morgan fingerprint density at radius 3 is 2.56 bits per heavy atom. The van der Waals surface area contributed by atoms with Crippen molar-refractivity contribution in [3.05, 3.63) is 65.2 Å². The summed E-state index contributed by atoms with van der Waals surface area (Å²) in [7, 11) is 0. The second-order valence-corrected chi connectivity index (χ2v) is 3.97. The second-order valence-electron chi connectivity index (χ2n) is 3.97. The van der Waals surface area contributed by atoms with E-state index in [0.717, 1.165) is 11.1 Å². The first kappa shape index (κ1) is 11.9. The van der Waals surface area contributed by atoms with Gasteiger partial charge in [-0.2, -0.15) is 0 Å². The Morgan fingerprint density at radius 2 is 1.83 bits per heavy atom. The number of rotatable bonds is 1. The molecule has 2 nitrogen and oxygen atoms in total. The Labute approximate surface area is 106 Å². The standard InChI is InChI=1S/C16H13NO/c1-12(18)15-7-4-5-13(11-15)9-10-14-6-2-3-8-16(14)17/h2-8,11H,17H2,1H3. The lowest BCUT2D eigenvalue weighted by molar-refractivity contribution is 0.101. The molecule has 0 bridgehead atoms. The summed E-state index contributed by atoms with van der Waals surface area (Å²) >= 11 is 0. The van der Waals surface area contributed by atoms with Crippen molar-refractivity contribution in [3.63, 3.8) is 0 Å². The molecule has 2 aromatic rings. The van der Waals surface area contributed by atoms with E-state index in [1.165, 1.54) is 0 Å². The van der Waals surface area contributed by atoms with Crippen LogP contribution in [0.3, 0.4) is 0 Å². The number of hydrogen-bond donors (Lipinski definition) is 1. The van der Waals surface area contributed by atoms with Crippen molar-refractivity contribution >= 4 is 11.5 Å². The fourth-order valence-electron chi connectivity index (χ4n) is 1.57. The van der Waals surface area contributed by atoms with E-state index in [0.29, 0.717) is 11.3 Å². The van der Waals surface area contributed by atoms with Crippen LogP contribution in [0.15, 0.2) is 48.5 Å². The van der Waals surface area contributed by atoms with E-state index in [4.69, 9.17) is 5.73 Å². The normalized spacial score (nSPS) is 9.39. The number of anilines is 1. The lowest BCUT2D eigenvalue weighted by Gasteiger charge is -1.97. The zero-order valence-corrected chi connectivity index (χ0v) is 10.1. The maximum Gasteiger partial charge on any atom is 0.159 e. The van der Waals surface area contributed by atoms with E-state index < -0.39 is 0 Å². The Bertz CT molecular complexity index is 647. The fourth-order valence-corrected chi connectivity index (χ4v) is 1.57. The molecule has 0 spiro atoms. The zero-order valence-electron chi connectivity index (χ0n) is 10.1. The van der Waals surface area contributed by atoms with E-state index >= 15 is 0 Å². The minimum absolute atomic E-state index is 0.0397. The fraction of sp³-hybridized carbons (Fsp3) is 0.0625. The first-order valence-electron chi connectivity index (χ1n) is 5.64. The van der Waals surface area contributed by atoms with Crippen LogP contribution in [0.5, 0.6) is 0 Å². The van der Waals surface area contributed by atoms with Crippen molar-refractivity contribution in [1.82, 2.24) is 0 Å². The van der Waals surface area contributed by atoms with Crippen molar-refractivity contribution in [3.8, 4) is 11.8 Å². The van der Waals surface area contributed by atoms with Crippen LogP contribution in [0.2, 0.25) is 0 Å². The van der Waals surface area contributed by atoms with Gasteiger partial charge in [0, 0.05) is 22.4 Å². The quantitative estimate of drug-likeness (QED) is 0.469. The molecule has 0 amide bonds. The van der Waals surface area contributed by atoms with Crippen molar-refractivity contribution in [2.24, 2.45) is 0 Å². The van der Waals surface area contributed by atoms with Crippen molar-refractivity contribution in [2.45, 2.75) is 6.92 Å². The van der Waals surface area contributed by atoms with Crippen LogP contribution in [0.1, 0.15) is 28.4 Å². The SMILES string of the molecule is CC(=O)c1cccc(C#Cc2ccccc2N)c1. The summed E-state index contributed by atoms with van der Waals surface area (Å²) < 4.78 is 0. The van der Waals surface area contributed by atoms with Gasteiger partial charge in [0.2, 0.25) is 0 Å². The highest BCUT2D eigenvalue weighted by Crippen LogP contribution is 2.09. The number of nitrogen functional groups attached to an aromatic ring is 1. The van der Waals surface area contributed by atoms with Gasteiger partial charge < -0.3 is 5.73 Å². The largest absolute Gasteiger partial charge is 0.398 e. The molecule has 0 heterocycles. The third-order valence-electron chi connectivity index (χ3n) is 2.57. The van der Waals surface area contributed by atoms with Gasteiger partial charge in [-0.1, -0.05) is 36.1 Å². The molecule has 0 aromatic heterocycles. The molecule has 0 aliphatic carbocycles. The van der Waals surface area contributed by atoms with E-state index in [1.54, 1.807) is 19.1 Å². The number of para-hydroxylation sites is 1. The summed E-state index contributed by atoms with van der Waals surface area (Å²) in [6, 6.07) is 14.7. The molecule has 0 unspecified atom stereocenters. The Balaban J connectivity index is 2.33. The Morgan fingerprint density at radius 1 is 1.06 bits per heavy atom. The number of benzene rings is 2. The summed E-state index contributed by atoms with van der Waals surface area (Å²) in [5.41, 5.74) is 8.74. The molecule has 2 N–H and O–H groups in total. The number of ketones is 1. The summed E-state index contributed by atoms with van der Waals surface area (Å²) in [4.78, 5) is 11.3. The highest BCUT2D eigenvalue weighted by molar-refractivity contribution is 5.94. The molecule has 2 aromatic carbocycles. The number of nitrogens with two attached hydrogens (primary N) is 1. The van der Waals surface area contributed by atoms with E-state index in [2.05, 4.69) is 11.8 Å². The minimum Gasteiger partial charge on any atom is -0.398 e. The average molecular weight is 235 g/mol. The zero-order chi connectivity index (χ0) is 13.0. The van der Waals surface area contributed by atoms with Crippen LogP contribution in [-0.2, 0) is 0 Å². The van der Waals surface area contributed by atoms with Gasteiger partial charge in [-0.3, -0.25) is 4.79 Å². The maximum atomic E-state index is 11.3. The van der Waals surface area contributed by atoms with Crippen molar-refractivity contribution in [1.29, 1.82) is 0 Å². The molecule has 0 atom stereocenters. The van der Waals surface area contributed by atoms with Crippen LogP contribution in [-0.4, -0.2) is 5.78 Å². The summed E-state index contributed by atoms with van der Waals surface area (Å²) in [6.07, 6.45) is 0. The highest BCUT2D eigenvalue weighted by atomic mass is 16.1. The smallest absolute Gasteiger partial charge is 0.159 e. The second kappa shape index (κ2) is 5.20. The predicted octanol–water partition coefficient (Wildman–Crippen LogP) is 2.87. The van der Waals surface area contributed by atoms with Gasteiger partial charge in [0.05, 0.1) is 0 Å². The first-order valence-corrected chi connectivity index (χ1v) is 5.64. The summed E-state index contributed by atoms with van der Waals surface area (Å²) in [5, 5.41) is 0. The molecule has 0 aliphatic rings. The van der Waals surface area contributed by atoms with Crippen molar-refractivity contribution < 1.29 is 4.79 Å². The maximum absolute atomic E-state index is 11.3.